The molecule has 2 aromatic rings. The van der Waals surface area contributed by atoms with Crippen molar-refractivity contribution in [2.45, 2.75) is 51.5 Å². The molecular weight excluding hydrogens is 404 g/mol. The van der Waals surface area contributed by atoms with Gasteiger partial charge in [0, 0.05) is 36.7 Å². The zero-order chi connectivity index (χ0) is 23.3. The number of hydrogen-bond donors (Lipinski definition) is 1. The largest absolute Gasteiger partial charge is 0.497 e. The van der Waals surface area contributed by atoms with Gasteiger partial charge in [0.1, 0.15) is 11.5 Å². The molecule has 0 aliphatic carbocycles. The predicted molar refractivity (Wildman–Crippen MR) is 125 cm³/mol. The molecular formula is C26H34N2O4. The first-order chi connectivity index (χ1) is 15.2. The third-order valence-electron chi connectivity index (χ3n) is 6.01. The molecule has 172 valence electrons. The molecule has 1 unspecified atom stereocenters. The van der Waals surface area contributed by atoms with Crippen LogP contribution in [0.1, 0.15) is 67.6 Å². The predicted octanol–water partition coefficient (Wildman–Crippen LogP) is 4.48. The monoisotopic (exact) mass is 438 g/mol. The Bertz CT molecular complexity index is 947. The maximum atomic E-state index is 12.9. The van der Waals surface area contributed by atoms with Crippen LogP contribution in [0.25, 0.3) is 0 Å². The summed E-state index contributed by atoms with van der Waals surface area (Å²) in [6.07, 6.45) is 2.10. The minimum atomic E-state index is -0.159. The van der Waals surface area contributed by atoms with Crippen molar-refractivity contribution in [2.24, 2.45) is 0 Å². The molecule has 0 saturated carbocycles. The van der Waals surface area contributed by atoms with Crippen LogP contribution in [0.5, 0.6) is 11.5 Å². The molecule has 2 aromatic carbocycles. The lowest BCUT2D eigenvalue weighted by molar-refractivity contribution is -0.132. The molecule has 2 amide bonds. The molecule has 6 heteroatoms. The highest BCUT2D eigenvalue weighted by atomic mass is 16.5. The summed E-state index contributed by atoms with van der Waals surface area (Å²) in [7, 11) is 3.25. The van der Waals surface area contributed by atoms with Gasteiger partial charge in [-0.05, 0) is 48.1 Å². The Hall–Kier alpha value is -3.02. The van der Waals surface area contributed by atoms with E-state index in [9.17, 15) is 9.59 Å². The van der Waals surface area contributed by atoms with Crippen LogP contribution in [0.15, 0.2) is 42.5 Å². The molecule has 3 rings (SSSR count). The van der Waals surface area contributed by atoms with E-state index in [4.69, 9.17) is 9.47 Å². The number of amides is 2. The zero-order valence-electron chi connectivity index (χ0n) is 19.7. The number of nitrogens with zero attached hydrogens (tertiary/aromatic N) is 1. The van der Waals surface area contributed by atoms with Gasteiger partial charge < -0.3 is 19.7 Å². The summed E-state index contributed by atoms with van der Waals surface area (Å²) < 4.78 is 10.8. The van der Waals surface area contributed by atoms with Gasteiger partial charge in [-0.1, -0.05) is 32.9 Å². The lowest BCUT2D eigenvalue weighted by atomic mass is 9.87. The number of likely N-dealkylation sites (tertiary alicyclic amines) is 1. The third-order valence-corrected chi connectivity index (χ3v) is 6.01. The molecule has 32 heavy (non-hydrogen) atoms. The average molecular weight is 439 g/mol. The Morgan fingerprint density at radius 3 is 2.41 bits per heavy atom. The van der Waals surface area contributed by atoms with Gasteiger partial charge in [-0.2, -0.15) is 0 Å². The summed E-state index contributed by atoms with van der Waals surface area (Å²) in [6.45, 7) is 7.44. The summed E-state index contributed by atoms with van der Waals surface area (Å²) in [5, 5.41) is 2.88. The molecule has 1 fully saturated rings. The Morgan fingerprint density at radius 1 is 1.06 bits per heavy atom. The van der Waals surface area contributed by atoms with E-state index in [1.807, 2.05) is 47.4 Å². The molecule has 1 aliphatic rings. The summed E-state index contributed by atoms with van der Waals surface area (Å²) >= 11 is 0. The Labute approximate surface area is 190 Å². The Morgan fingerprint density at radius 2 is 1.78 bits per heavy atom. The fourth-order valence-electron chi connectivity index (χ4n) is 4.13. The lowest BCUT2D eigenvalue weighted by Gasteiger charge is -2.26. The van der Waals surface area contributed by atoms with E-state index >= 15 is 0 Å². The summed E-state index contributed by atoms with van der Waals surface area (Å²) in [4.78, 5) is 27.3. The number of methoxy groups -OCH3 is 2. The number of rotatable bonds is 7. The molecule has 6 nitrogen and oxygen atoms in total. The Balaban J connectivity index is 1.58. The topological polar surface area (TPSA) is 67.9 Å². The molecule has 0 spiro atoms. The standard InChI is InChI=1S/C26H34N2O4/c1-26(2,3)19-10-8-18(9-11-19)25(30)27-15-14-24(29)28-16-6-7-22(28)21-13-12-20(31-4)17-23(21)32-5/h8-13,17,22H,6-7,14-16H2,1-5H3,(H,27,30). The van der Waals surface area contributed by atoms with Gasteiger partial charge in [0.05, 0.1) is 20.3 Å². The summed E-state index contributed by atoms with van der Waals surface area (Å²) in [6, 6.07) is 13.3. The van der Waals surface area contributed by atoms with Crippen LogP contribution in [0.3, 0.4) is 0 Å². The SMILES string of the molecule is COc1ccc(C2CCCN2C(=O)CCNC(=O)c2ccc(C(C)(C)C)cc2)c(OC)c1. The van der Waals surface area contributed by atoms with Gasteiger partial charge in [-0.15, -0.1) is 0 Å². The normalized spacial score (nSPS) is 16.0. The number of ether oxygens (including phenoxy) is 2. The van der Waals surface area contributed by atoms with E-state index in [0.717, 1.165) is 29.9 Å². The van der Waals surface area contributed by atoms with E-state index < -0.39 is 0 Å². The number of nitrogens with one attached hydrogen (secondary N) is 1. The molecule has 1 N–H and O–H groups in total. The maximum Gasteiger partial charge on any atom is 0.251 e. The highest BCUT2D eigenvalue weighted by Gasteiger charge is 2.31. The molecule has 0 bridgehead atoms. The number of hydrogen-bond acceptors (Lipinski definition) is 4. The number of carbonyl (C=O) groups excluding carboxylic acids is 2. The third kappa shape index (κ3) is 5.42. The highest BCUT2D eigenvalue weighted by Crippen LogP contribution is 2.38. The van der Waals surface area contributed by atoms with Gasteiger partial charge in [-0.3, -0.25) is 9.59 Å². The van der Waals surface area contributed by atoms with Crippen molar-refractivity contribution >= 4 is 11.8 Å². The molecule has 1 aliphatic heterocycles. The second-order valence-corrected chi connectivity index (χ2v) is 9.19. The van der Waals surface area contributed by atoms with E-state index in [-0.39, 0.29) is 29.7 Å². The first kappa shape index (κ1) is 23.6. The fraction of sp³-hybridized carbons (Fsp3) is 0.462. The molecule has 1 heterocycles. The van der Waals surface area contributed by atoms with E-state index in [2.05, 4.69) is 26.1 Å². The van der Waals surface area contributed by atoms with E-state index in [1.54, 1.807) is 14.2 Å². The van der Waals surface area contributed by atoms with Gasteiger partial charge in [0.2, 0.25) is 5.91 Å². The van der Waals surface area contributed by atoms with Crippen molar-refractivity contribution in [2.75, 3.05) is 27.3 Å². The molecule has 0 radical (unpaired) electrons. The highest BCUT2D eigenvalue weighted by molar-refractivity contribution is 5.94. The fourth-order valence-corrected chi connectivity index (χ4v) is 4.13. The first-order valence-electron chi connectivity index (χ1n) is 11.1. The van der Waals surface area contributed by atoms with Crippen LogP contribution in [-0.4, -0.2) is 44.0 Å². The minimum absolute atomic E-state index is 0.0241. The summed E-state index contributed by atoms with van der Waals surface area (Å²) in [5.41, 5.74) is 2.81. The quantitative estimate of drug-likeness (QED) is 0.692. The van der Waals surface area contributed by atoms with E-state index in [1.165, 1.54) is 5.56 Å². The van der Waals surface area contributed by atoms with Crippen LogP contribution in [0, 0.1) is 0 Å². The van der Waals surface area contributed by atoms with Crippen LogP contribution in [0.4, 0.5) is 0 Å². The molecule has 1 atom stereocenters. The first-order valence-corrected chi connectivity index (χ1v) is 11.1. The van der Waals surface area contributed by atoms with Crippen LogP contribution in [0.2, 0.25) is 0 Å². The molecule has 1 saturated heterocycles. The smallest absolute Gasteiger partial charge is 0.251 e. The number of carbonyl (C=O) groups is 2. The number of benzene rings is 2. The van der Waals surface area contributed by atoms with Crippen molar-refractivity contribution in [1.29, 1.82) is 0 Å². The van der Waals surface area contributed by atoms with Crippen LogP contribution < -0.4 is 14.8 Å². The Kier molecular flexibility index (Phi) is 7.44. The second kappa shape index (κ2) is 10.1. The van der Waals surface area contributed by atoms with Crippen molar-refractivity contribution in [1.82, 2.24) is 10.2 Å². The molecule has 0 aromatic heterocycles. The van der Waals surface area contributed by atoms with Gasteiger partial charge >= 0.3 is 0 Å². The second-order valence-electron chi connectivity index (χ2n) is 9.19. The lowest BCUT2D eigenvalue weighted by Crippen LogP contribution is -2.34. The zero-order valence-corrected chi connectivity index (χ0v) is 19.7. The maximum absolute atomic E-state index is 12.9. The van der Waals surface area contributed by atoms with Crippen LogP contribution >= 0.6 is 0 Å². The van der Waals surface area contributed by atoms with E-state index in [0.29, 0.717) is 18.7 Å². The average Bonchev–Trinajstić information content (AvgIpc) is 3.27. The van der Waals surface area contributed by atoms with Crippen molar-refractivity contribution in [3.63, 3.8) is 0 Å². The summed E-state index contributed by atoms with van der Waals surface area (Å²) in [5.74, 6) is 1.32. The van der Waals surface area contributed by atoms with Gasteiger partial charge in [0.25, 0.3) is 5.91 Å². The van der Waals surface area contributed by atoms with Crippen molar-refractivity contribution in [3.8, 4) is 11.5 Å². The minimum Gasteiger partial charge on any atom is -0.497 e. The van der Waals surface area contributed by atoms with Gasteiger partial charge in [0.15, 0.2) is 0 Å². The van der Waals surface area contributed by atoms with Crippen molar-refractivity contribution < 1.29 is 19.1 Å². The van der Waals surface area contributed by atoms with Crippen LogP contribution in [-0.2, 0) is 10.2 Å². The van der Waals surface area contributed by atoms with Crippen molar-refractivity contribution in [3.05, 3.63) is 59.2 Å². The van der Waals surface area contributed by atoms with Gasteiger partial charge in [-0.25, -0.2) is 0 Å².